The summed E-state index contributed by atoms with van der Waals surface area (Å²) in [4.78, 5) is 0.0281. The zero-order chi connectivity index (χ0) is 15.0. The molecule has 0 radical (unpaired) electrons. The molecular formula is C12H19ClN2O4S2. The molecule has 1 unspecified atom stereocenters. The maximum atomic E-state index is 12.4. The number of benzene rings is 1. The molecule has 9 heteroatoms. The Balaban J connectivity index is 0.00000220. The molecule has 1 heterocycles. The van der Waals surface area contributed by atoms with Crippen LogP contribution in [0.3, 0.4) is 0 Å². The average Bonchev–Trinajstić information content (AvgIpc) is 2.79. The number of hydrogen-bond acceptors (Lipinski definition) is 5. The predicted octanol–water partition coefficient (Wildman–Crippen LogP) is 0.461. The molecule has 0 aliphatic carbocycles. The highest BCUT2D eigenvalue weighted by atomic mass is 35.5. The summed E-state index contributed by atoms with van der Waals surface area (Å²) in [6.45, 7) is 3.01. The van der Waals surface area contributed by atoms with Gasteiger partial charge in [-0.2, -0.15) is 0 Å². The topological polar surface area (TPSA) is 92.3 Å². The van der Waals surface area contributed by atoms with Gasteiger partial charge in [0, 0.05) is 18.8 Å². The smallest absolute Gasteiger partial charge is 0.241 e. The Hall–Kier alpha value is -0.670. The highest BCUT2D eigenvalue weighted by Gasteiger charge is 2.25. The molecule has 0 aromatic heterocycles. The van der Waals surface area contributed by atoms with Gasteiger partial charge in [0.1, 0.15) is 0 Å². The van der Waals surface area contributed by atoms with E-state index in [9.17, 15) is 16.8 Å². The molecule has 2 N–H and O–H groups in total. The van der Waals surface area contributed by atoms with E-state index in [1.165, 1.54) is 18.2 Å². The summed E-state index contributed by atoms with van der Waals surface area (Å²) in [6.07, 6.45) is 1.78. The maximum absolute atomic E-state index is 12.4. The van der Waals surface area contributed by atoms with Crippen molar-refractivity contribution in [2.45, 2.75) is 29.2 Å². The van der Waals surface area contributed by atoms with Crippen LogP contribution in [0, 0.1) is 6.92 Å². The lowest BCUT2D eigenvalue weighted by Gasteiger charge is -2.14. The molecule has 0 amide bonds. The van der Waals surface area contributed by atoms with Gasteiger partial charge in [-0.15, -0.1) is 12.4 Å². The van der Waals surface area contributed by atoms with Crippen LogP contribution in [0.15, 0.2) is 28.0 Å². The van der Waals surface area contributed by atoms with Crippen LogP contribution in [-0.2, 0) is 19.9 Å². The lowest BCUT2D eigenvalue weighted by atomic mass is 10.2. The summed E-state index contributed by atoms with van der Waals surface area (Å²) in [5.41, 5.74) is 0.524. The van der Waals surface area contributed by atoms with E-state index in [0.717, 1.165) is 19.2 Å². The minimum Gasteiger partial charge on any atom is -0.315 e. The molecule has 0 saturated carbocycles. The highest BCUT2D eigenvalue weighted by molar-refractivity contribution is 7.91. The minimum absolute atomic E-state index is 0. The molecule has 1 aromatic carbocycles. The van der Waals surface area contributed by atoms with Crippen molar-refractivity contribution in [1.29, 1.82) is 0 Å². The Kier molecular flexibility index (Phi) is 5.79. The number of hydrogen-bond donors (Lipinski definition) is 2. The first-order chi connectivity index (χ1) is 9.20. The van der Waals surface area contributed by atoms with Crippen molar-refractivity contribution >= 4 is 32.3 Å². The van der Waals surface area contributed by atoms with Crippen molar-refractivity contribution in [3.63, 3.8) is 0 Å². The van der Waals surface area contributed by atoms with Crippen molar-refractivity contribution in [3.05, 3.63) is 23.8 Å². The van der Waals surface area contributed by atoms with Crippen molar-refractivity contribution in [3.8, 4) is 0 Å². The van der Waals surface area contributed by atoms with Crippen molar-refractivity contribution in [1.82, 2.24) is 10.0 Å². The minimum atomic E-state index is -3.71. The second-order valence-corrected chi connectivity index (χ2v) is 8.71. The molecule has 1 aliphatic rings. The normalized spacial score (nSPS) is 19.2. The zero-order valence-electron chi connectivity index (χ0n) is 11.8. The molecule has 1 saturated heterocycles. The molecule has 0 bridgehead atoms. The summed E-state index contributed by atoms with van der Waals surface area (Å²) in [7, 11) is -7.15. The van der Waals surface area contributed by atoms with Gasteiger partial charge >= 0.3 is 0 Å². The largest absolute Gasteiger partial charge is 0.315 e. The van der Waals surface area contributed by atoms with Crippen molar-refractivity contribution in [2.24, 2.45) is 0 Å². The van der Waals surface area contributed by atoms with Gasteiger partial charge in [0.2, 0.25) is 10.0 Å². The molecule has 1 fully saturated rings. The Morgan fingerprint density at radius 1 is 1.24 bits per heavy atom. The molecule has 2 rings (SSSR count). The van der Waals surface area contributed by atoms with E-state index in [1.54, 1.807) is 6.92 Å². The van der Waals surface area contributed by atoms with Crippen LogP contribution in [0.25, 0.3) is 0 Å². The second kappa shape index (κ2) is 6.62. The molecule has 1 atom stereocenters. The van der Waals surface area contributed by atoms with E-state index in [1.807, 2.05) is 0 Å². The molecule has 0 spiro atoms. The lowest BCUT2D eigenvalue weighted by Crippen LogP contribution is -2.36. The summed E-state index contributed by atoms with van der Waals surface area (Å²) in [5, 5.41) is 3.07. The van der Waals surface area contributed by atoms with Crippen LogP contribution in [0.1, 0.15) is 12.0 Å². The van der Waals surface area contributed by atoms with Crippen LogP contribution < -0.4 is 10.0 Å². The van der Waals surface area contributed by atoms with Crippen LogP contribution in [0.4, 0.5) is 0 Å². The first kappa shape index (κ1) is 18.4. The summed E-state index contributed by atoms with van der Waals surface area (Å²) < 4.78 is 50.4. The molecule has 21 heavy (non-hydrogen) atoms. The fourth-order valence-electron chi connectivity index (χ4n) is 2.14. The first-order valence-electron chi connectivity index (χ1n) is 6.24. The van der Waals surface area contributed by atoms with E-state index in [-0.39, 0.29) is 28.2 Å². The van der Waals surface area contributed by atoms with Gasteiger partial charge in [0.05, 0.1) is 9.79 Å². The molecule has 1 aromatic rings. The van der Waals surface area contributed by atoms with Gasteiger partial charge in [-0.25, -0.2) is 21.6 Å². The highest BCUT2D eigenvalue weighted by Crippen LogP contribution is 2.20. The standard InChI is InChI=1S/C12H18N2O4S2.ClH/c1-9-3-4-11(19(2,15)16)7-12(9)20(17,18)14-10-5-6-13-8-10;/h3-4,7,10,13-14H,5-6,8H2,1-2H3;1H. The van der Waals surface area contributed by atoms with Gasteiger partial charge < -0.3 is 5.32 Å². The number of aryl methyl sites for hydroxylation is 1. The van der Waals surface area contributed by atoms with Gasteiger partial charge in [0.25, 0.3) is 0 Å². The fourth-order valence-corrected chi connectivity index (χ4v) is 4.40. The van der Waals surface area contributed by atoms with Crippen LogP contribution in [0.5, 0.6) is 0 Å². The summed E-state index contributed by atoms with van der Waals surface area (Å²) >= 11 is 0. The predicted molar refractivity (Wildman–Crippen MR) is 83.1 cm³/mol. The zero-order valence-corrected chi connectivity index (χ0v) is 14.2. The average molecular weight is 355 g/mol. The molecule has 6 nitrogen and oxygen atoms in total. The molecule has 1 aliphatic heterocycles. The third-order valence-corrected chi connectivity index (χ3v) is 6.03. The quantitative estimate of drug-likeness (QED) is 0.819. The lowest BCUT2D eigenvalue weighted by molar-refractivity contribution is 0.559. The second-order valence-electron chi connectivity index (χ2n) is 5.01. The third-order valence-electron chi connectivity index (χ3n) is 3.26. The summed E-state index contributed by atoms with van der Waals surface area (Å²) in [5.74, 6) is 0. The van der Waals surface area contributed by atoms with Crippen LogP contribution in [0.2, 0.25) is 0 Å². The fraction of sp³-hybridized carbons (Fsp3) is 0.500. The first-order valence-corrected chi connectivity index (χ1v) is 9.61. The van der Waals surface area contributed by atoms with Gasteiger partial charge in [0.15, 0.2) is 9.84 Å². The van der Waals surface area contributed by atoms with E-state index in [2.05, 4.69) is 10.0 Å². The number of nitrogens with one attached hydrogen (secondary N) is 2. The molecular weight excluding hydrogens is 336 g/mol. The van der Waals surface area contributed by atoms with Crippen molar-refractivity contribution < 1.29 is 16.8 Å². The van der Waals surface area contributed by atoms with Crippen LogP contribution >= 0.6 is 12.4 Å². The number of sulfone groups is 1. The van der Waals surface area contributed by atoms with Gasteiger partial charge in [-0.1, -0.05) is 6.07 Å². The van der Waals surface area contributed by atoms with E-state index in [0.29, 0.717) is 12.1 Å². The Labute approximate surface area is 131 Å². The number of sulfonamides is 1. The van der Waals surface area contributed by atoms with Gasteiger partial charge in [-0.3, -0.25) is 0 Å². The maximum Gasteiger partial charge on any atom is 0.241 e. The van der Waals surface area contributed by atoms with E-state index < -0.39 is 19.9 Å². The molecule has 120 valence electrons. The summed E-state index contributed by atoms with van der Waals surface area (Å²) in [6, 6.07) is 4.00. The Morgan fingerprint density at radius 2 is 1.90 bits per heavy atom. The monoisotopic (exact) mass is 354 g/mol. The van der Waals surface area contributed by atoms with Crippen LogP contribution in [-0.4, -0.2) is 42.2 Å². The Bertz CT molecular complexity index is 711. The van der Waals surface area contributed by atoms with Gasteiger partial charge in [-0.05, 0) is 37.6 Å². The number of halogens is 1. The van der Waals surface area contributed by atoms with E-state index in [4.69, 9.17) is 0 Å². The SMILES string of the molecule is Cc1ccc(S(C)(=O)=O)cc1S(=O)(=O)NC1CCNC1.Cl. The third kappa shape index (κ3) is 4.40. The van der Waals surface area contributed by atoms with E-state index >= 15 is 0 Å². The van der Waals surface area contributed by atoms with Crippen molar-refractivity contribution in [2.75, 3.05) is 19.3 Å². The number of rotatable bonds is 4. The Morgan fingerprint density at radius 3 is 2.43 bits per heavy atom.